The topological polar surface area (TPSA) is 71.2 Å². The van der Waals surface area contributed by atoms with E-state index in [4.69, 9.17) is 16.3 Å². The Balaban J connectivity index is 2.51. The third-order valence-corrected chi connectivity index (χ3v) is 3.85. The molecule has 0 aliphatic carbocycles. The number of nitrogens with one attached hydrogen (secondary N) is 2. The molecule has 1 heterocycles. The lowest BCUT2D eigenvalue weighted by molar-refractivity contribution is -0.115. The van der Waals surface area contributed by atoms with Crippen LogP contribution in [0.5, 0.6) is 0 Å². The van der Waals surface area contributed by atoms with E-state index in [1.807, 2.05) is 13.0 Å². The van der Waals surface area contributed by atoms with Crippen LogP contribution in [0.1, 0.15) is 29.4 Å². The maximum Gasteiger partial charge on any atom is 0.355 e. The lowest BCUT2D eigenvalue weighted by Crippen LogP contribution is -2.12. The number of anilines is 1. The monoisotopic (exact) mass is 386 g/mol. The van der Waals surface area contributed by atoms with Crippen LogP contribution >= 0.6 is 27.5 Å². The largest absolute Gasteiger partial charge is 0.461 e. The zero-order chi connectivity index (χ0) is 16.3. The van der Waals surface area contributed by atoms with E-state index in [1.54, 1.807) is 13.0 Å². The number of aromatic amines is 1. The van der Waals surface area contributed by atoms with E-state index in [-0.39, 0.29) is 18.2 Å². The van der Waals surface area contributed by atoms with Crippen molar-refractivity contribution in [1.82, 2.24) is 4.98 Å². The molecule has 0 aliphatic heterocycles. The fourth-order valence-electron chi connectivity index (χ4n) is 2.20. The number of H-pyrrole nitrogens is 1. The first kappa shape index (κ1) is 16.8. The van der Waals surface area contributed by atoms with Gasteiger partial charge in [0, 0.05) is 22.2 Å². The minimum absolute atomic E-state index is 0.181. The average molecular weight is 388 g/mol. The lowest BCUT2D eigenvalue weighted by Gasteiger charge is -2.06. The summed E-state index contributed by atoms with van der Waals surface area (Å²) < 4.78 is 5.85. The molecule has 0 atom stereocenters. The van der Waals surface area contributed by atoms with E-state index in [0.717, 1.165) is 15.4 Å². The fourth-order valence-corrected chi connectivity index (χ4v) is 2.82. The molecule has 0 bridgehead atoms. The Hall–Kier alpha value is -1.53. The molecule has 1 aromatic carbocycles. The third-order valence-electron chi connectivity index (χ3n) is 3.21. The molecule has 2 N–H and O–H groups in total. The summed E-state index contributed by atoms with van der Waals surface area (Å²) in [5.41, 5.74) is 2.45. The quantitative estimate of drug-likeness (QED) is 0.602. The van der Waals surface area contributed by atoms with Gasteiger partial charge in [0.2, 0.25) is 5.91 Å². The molecule has 118 valence electrons. The van der Waals surface area contributed by atoms with Crippen molar-refractivity contribution in [3.63, 3.8) is 0 Å². The minimum atomic E-state index is -0.412. The average Bonchev–Trinajstić information content (AvgIpc) is 2.77. The molecule has 5 nitrogen and oxygen atoms in total. The summed E-state index contributed by atoms with van der Waals surface area (Å²) in [6, 6.07) is 3.67. The van der Waals surface area contributed by atoms with Crippen molar-refractivity contribution in [2.75, 3.05) is 17.8 Å². The first-order valence-electron chi connectivity index (χ1n) is 6.82. The maximum absolute atomic E-state index is 12.0. The summed E-state index contributed by atoms with van der Waals surface area (Å²) >= 11 is 8.99. The van der Waals surface area contributed by atoms with Gasteiger partial charge in [0.25, 0.3) is 0 Å². The van der Waals surface area contributed by atoms with Crippen molar-refractivity contribution in [1.29, 1.82) is 0 Å². The first-order chi connectivity index (χ1) is 10.5. The van der Waals surface area contributed by atoms with Crippen LogP contribution in [-0.4, -0.2) is 29.3 Å². The van der Waals surface area contributed by atoms with Crippen LogP contribution < -0.4 is 5.32 Å². The second-order valence-electron chi connectivity index (χ2n) is 4.71. The molecule has 0 saturated carbocycles. The van der Waals surface area contributed by atoms with E-state index >= 15 is 0 Å². The number of carbonyl (C=O) groups excluding carboxylic acids is 2. The second-order valence-corrected chi connectivity index (χ2v) is 6.00. The smallest absolute Gasteiger partial charge is 0.355 e. The summed E-state index contributed by atoms with van der Waals surface area (Å²) in [5.74, 6) is -0.342. The summed E-state index contributed by atoms with van der Waals surface area (Å²) in [6.45, 7) is 3.89. The predicted molar refractivity (Wildman–Crippen MR) is 90.7 cm³/mol. The number of aryl methyl sites for hydroxylation is 1. The Bertz CT molecular complexity index is 727. The van der Waals surface area contributed by atoms with Gasteiger partial charge >= 0.3 is 5.97 Å². The van der Waals surface area contributed by atoms with Crippen LogP contribution in [0.15, 0.2) is 16.6 Å². The highest BCUT2D eigenvalue weighted by Gasteiger charge is 2.18. The van der Waals surface area contributed by atoms with Crippen molar-refractivity contribution in [2.45, 2.75) is 20.3 Å². The number of alkyl halides is 1. The first-order valence-corrected chi connectivity index (χ1v) is 8.15. The van der Waals surface area contributed by atoms with Crippen molar-refractivity contribution < 1.29 is 14.3 Å². The lowest BCUT2D eigenvalue weighted by atomic mass is 10.1. The maximum atomic E-state index is 12.0. The van der Waals surface area contributed by atoms with Crippen LogP contribution in [0, 0.1) is 6.92 Å². The highest BCUT2D eigenvalue weighted by Crippen LogP contribution is 2.32. The molecule has 0 fully saturated rings. The van der Waals surface area contributed by atoms with Gasteiger partial charge in [-0.2, -0.15) is 0 Å². The number of benzene rings is 1. The van der Waals surface area contributed by atoms with Crippen LogP contribution in [0.4, 0.5) is 5.69 Å². The van der Waals surface area contributed by atoms with Crippen molar-refractivity contribution >= 4 is 56.0 Å². The van der Waals surface area contributed by atoms with Gasteiger partial charge in [-0.15, -0.1) is 11.6 Å². The van der Waals surface area contributed by atoms with Crippen molar-refractivity contribution in [3.8, 4) is 0 Å². The number of hydrogen-bond acceptors (Lipinski definition) is 3. The zero-order valence-corrected chi connectivity index (χ0v) is 14.6. The van der Waals surface area contributed by atoms with Gasteiger partial charge in [0.15, 0.2) is 0 Å². The molecule has 0 radical (unpaired) electrons. The summed E-state index contributed by atoms with van der Waals surface area (Å²) in [7, 11) is 0. The molecule has 2 aromatic rings. The normalized spacial score (nSPS) is 10.7. The fraction of sp³-hybridized carbons (Fsp3) is 0.333. The number of halogens is 2. The standard InChI is InChI=1S/C15H16BrClN2O3/c1-3-22-15(21)13-8(2)10-6-9(16)7-11(14(10)19-13)18-12(20)4-5-17/h6-7,19H,3-5H2,1-2H3,(H,18,20). The van der Waals surface area contributed by atoms with Gasteiger partial charge in [-0.25, -0.2) is 4.79 Å². The number of amides is 1. The Kier molecular flexibility index (Phi) is 5.47. The van der Waals surface area contributed by atoms with E-state index < -0.39 is 5.97 Å². The summed E-state index contributed by atoms with van der Waals surface area (Å²) in [6.07, 6.45) is 0.222. The number of fused-ring (bicyclic) bond motifs is 1. The van der Waals surface area contributed by atoms with Crippen molar-refractivity contribution in [3.05, 3.63) is 27.9 Å². The van der Waals surface area contributed by atoms with E-state index in [9.17, 15) is 9.59 Å². The van der Waals surface area contributed by atoms with Crippen molar-refractivity contribution in [2.24, 2.45) is 0 Å². The Morgan fingerprint density at radius 1 is 1.41 bits per heavy atom. The summed E-state index contributed by atoms with van der Waals surface area (Å²) in [5, 5.41) is 3.65. The second kappa shape index (κ2) is 7.15. The van der Waals surface area contributed by atoms with Gasteiger partial charge < -0.3 is 15.0 Å². The molecule has 22 heavy (non-hydrogen) atoms. The van der Waals surface area contributed by atoms with Gasteiger partial charge in [-0.1, -0.05) is 15.9 Å². The zero-order valence-electron chi connectivity index (χ0n) is 12.3. The number of ether oxygens (including phenoxy) is 1. The Labute approximate surface area is 141 Å². The number of hydrogen-bond donors (Lipinski definition) is 2. The van der Waals surface area contributed by atoms with Gasteiger partial charge in [0.05, 0.1) is 17.8 Å². The molecular weight excluding hydrogens is 372 g/mol. The molecule has 0 unspecified atom stereocenters. The van der Waals surface area contributed by atoms with Gasteiger partial charge in [-0.05, 0) is 31.5 Å². The van der Waals surface area contributed by atoms with Crippen LogP contribution in [-0.2, 0) is 9.53 Å². The Morgan fingerprint density at radius 2 is 2.14 bits per heavy atom. The van der Waals surface area contributed by atoms with Crippen LogP contribution in [0.25, 0.3) is 10.9 Å². The minimum Gasteiger partial charge on any atom is -0.461 e. The number of aromatic nitrogens is 1. The highest BCUT2D eigenvalue weighted by molar-refractivity contribution is 9.10. The summed E-state index contributed by atoms with van der Waals surface area (Å²) in [4.78, 5) is 26.8. The third kappa shape index (κ3) is 3.44. The number of carbonyl (C=O) groups is 2. The number of esters is 1. The highest BCUT2D eigenvalue weighted by atomic mass is 79.9. The molecule has 1 amide bonds. The predicted octanol–water partition coefficient (Wildman–Crippen LogP) is 3.98. The molecule has 0 spiro atoms. The van der Waals surface area contributed by atoms with E-state index in [1.165, 1.54) is 0 Å². The molecule has 7 heteroatoms. The molecular formula is C15H16BrClN2O3. The van der Waals surface area contributed by atoms with E-state index in [2.05, 4.69) is 26.2 Å². The SMILES string of the molecule is CCOC(=O)c1[nH]c2c(NC(=O)CCCl)cc(Br)cc2c1C. The van der Waals surface area contributed by atoms with Crippen LogP contribution in [0.2, 0.25) is 0 Å². The van der Waals surface area contributed by atoms with Crippen LogP contribution in [0.3, 0.4) is 0 Å². The van der Waals surface area contributed by atoms with Gasteiger partial charge in [-0.3, -0.25) is 4.79 Å². The van der Waals surface area contributed by atoms with E-state index in [0.29, 0.717) is 23.5 Å². The molecule has 0 saturated heterocycles. The molecule has 0 aliphatic rings. The van der Waals surface area contributed by atoms with Gasteiger partial charge in [0.1, 0.15) is 5.69 Å². The molecule has 1 aromatic heterocycles. The Morgan fingerprint density at radius 3 is 2.77 bits per heavy atom. The number of rotatable bonds is 5. The molecule has 2 rings (SSSR count).